The molecule has 2 rings (SSSR count). The lowest BCUT2D eigenvalue weighted by Crippen LogP contribution is -2.46. The van der Waals surface area contributed by atoms with E-state index < -0.39 is 4.92 Å². The maximum Gasteiger partial charge on any atom is 0.287 e. The third-order valence-corrected chi connectivity index (χ3v) is 3.57. The molecule has 1 amide bonds. The molecule has 7 heteroatoms. The first-order chi connectivity index (χ1) is 9.40. The van der Waals surface area contributed by atoms with Gasteiger partial charge in [-0.3, -0.25) is 14.9 Å². The molecule has 1 aromatic heterocycles. The summed E-state index contributed by atoms with van der Waals surface area (Å²) in [5.41, 5.74) is 6.19. The average Bonchev–Trinajstić information content (AvgIpc) is 2.83. The van der Waals surface area contributed by atoms with Crippen molar-refractivity contribution in [3.8, 4) is 0 Å². The summed E-state index contributed by atoms with van der Waals surface area (Å²) >= 11 is 0. The van der Waals surface area contributed by atoms with E-state index in [0.29, 0.717) is 18.8 Å². The minimum Gasteiger partial charge on any atom is -0.336 e. The van der Waals surface area contributed by atoms with Crippen molar-refractivity contribution < 1.29 is 9.72 Å². The summed E-state index contributed by atoms with van der Waals surface area (Å²) in [6.07, 6.45) is 3.20. The van der Waals surface area contributed by atoms with Gasteiger partial charge in [0.25, 0.3) is 11.6 Å². The van der Waals surface area contributed by atoms with Gasteiger partial charge in [-0.1, -0.05) is 0 Å². The molecule has 20 heavy (non-hydrogen) atoms. The van der Waals surface area contributed by atoms with E-state index in [4.69, 9.17) is 5.73 Å². The van der Waals surface area contributed by atoms with Gasteiger partial charge in [0.2, 0.25) is 0 Å². The van der Waals surface area contributed by atoms with Crippen LogP contribution in [0.15, 0.2) is 12.3 Å². The second-order valence-electron chi connectivity index (χ2n) is 5.50. The number of nitrogens with zero attached hydrogens (tertiary/aromatic N) is 3. The van der Waals surface area contributed by atoms with Gasteiger partial charge in [-0.15, -0.1) is 0 Å². The highest BCUT2D eigenvalue weighted by molar-refractivity contribution is 5.93. The number of aromatic nitrogens is 1. The van der Waals surface area contributed by atoms with Gasteiger partial charge in [-0.05, 0) is 26.7 Å². The van der Waals surface area contributed by atoms with Crippen LogP contribution in [0.1, 0.15) is 43.2 Å². The summed E-state index contributed by atoms with van der Waals surface area (Å²) in [7, 11) is 0. The largest absolute Gasteiger partial charge is 0.336 e. The van der Waals surface area contributed by atoms with Crippen molar-refractivity contribution in [2.75, 3.05) is 13.1 Å². The van der Waals surface area contributed by atoms with Gasteiger partial charge in [0, 0.05) is 31.2 Å². The highest BCUT2D eigenvalue weighted by atomic mass is 16.6. The molecule has 0 aliphatic carbocycles. The Hall–Kier alpha value is -1.89. The van der Waals surface area contributed by atoms with E-state index in [1.807, 2.05) is 13.8 Å². The fraction of sp³-hybridized carbons (Fsp3) is 0.615. The number of nitro groups is 1. The zero-order valence-corrected chi connectivity index (χ0v) is 11.8. The molecule has 0 saturated carbocycles. The number of hydrogen-bond acceptors (Lipinski definition) is 4. The molecule has 1 aliphatic heterocycles. The maximum absolute atomic E-state index is 12.5. The van der Waals surface area contributed by atoms with Crippen molar-refractivity contribution in [1.29, 1.82) is 0 Å². The normalized spacial score (nSPS) is 19.4. The van der Waals surface area contributed by atoms with Crippen LogP contribution in [0.2, 0.25) is 0 Å². The molecule has 0 spiro atoms. The van der Waals surface area contributed by atoms with Crippen molar-refractivity contribution in [3.05, 3.63) is 28.1 Å². The van der Waals surface area contributed by atoms with E-state index in [-0.39, 0.29) is 23.7 Å². The molecule has 0 aromatic carbocycles. The summed E-state index contributed by atoms with van der Waals surface area (Å²) in [4.78, 5) is 24.6. The van der Waals surface area contributed by atoms with Crippen LogP contribution in [0.3, 0.4) is 0 Å². The Labute approximate surface area is 117 Å². The van der Waals surface area contributed by atoms with Crippen LogP contribution in [-0.2, 0) is 0 Å². The van der Waals surface area contributed by atoms with Gasteiger partial charge < -0.3 is 15.2 Å². The van der Waals surface area contributed by atoms with E-state index in [0.717, 1.165) is 12.8 Å². The van der Waals surface area contributed by atoms with Crippen LogP contribution in [0.4, 0.5) is 5.69 Å². The Morgan fingerprint density at radius 1 is 1.55 bits per heavy atom. The molecule has 2 heterocycles. The standard InChI is InChI=1S/C13H20N4O3/c1-9(2)16-8-11(17(19)20)6-12(16)13(18)15-5-3-4-10(14)7-15/h6,8-10H,3-5,7,14H2,1-2H3. The van der Waals surface area contributed by atoms with Crippen LogP contribution in [-0.4, -0.2) is 39.4 Å². The number of rotatable bonds is 3. The molecule has 1 aromatic rings. The molecule has 1 fully saturated rings. The monoisotopic (exact) mass is 280 g/mol. The molecule has 110 valence electrons. The topological polar surface area (TPSA) is 94.4 Å². The second-order valence-corrected chi connectivity index (χ2v) is 5.50. The van der Waals surface area contributed by atoms with Crippen molar-refractivity contribution in [2.45, 2.75) is 38.8 Å². The van der Waals surface area contributed by atoms with E-state index >= 15 is 0 Å². The predicted molar refractivity (Wildman–Crippen MR) is 74.6 cm³/mol. The van der Waals surface area contributed by atoms with Crippen LogP contribution in [0.5, 0.6) is 0 Å². The third-order valence-electron chi connectivity index (χ3n) is 3.57. The van der Waals surface area contributed by atoms with Crippen LogP contribution < -0.4 is 5.73 Å². The zero-order chi connectivity index (χ0) is 14.9. The number of hydrogen-bond donors (Lipinski definition) is 1. The minimum absolute atomic E-state index is 0.00912. The van der Waals surface area contributed by atoms with Gasteiger partial charge >= 0.3 is 0 Å². The van der Waals surface area contributed by atoms with Crippen LogP contribution in [0, 0.1) is 10.1 Å². The van der Waals surface area contributed by atoms with Crippen LogP contribution >= 0.6 is 0 Å². The summed E-state index contributed by atoms with van der Waals surface area (Å²) in [6, 6.07) is 1.33. The smallest absolute Gasteiger partial charge is 0.287 e. The number of carbonyl (C=O) groups excluding carboxylic acids is 1. The van der Waals surface area contributed by atoms with Gasteiger partial charge in [-0.25, -0.2) is 0 Å². The first-order valence-corrected chi connectivity index (χ1v) is 6.81. The van der Waals surface area contributed by atoms with E-state index in [9.17, 15) is 14.9 Å². The Morgan fingerprint density at radius 2 is 2.25 bits per heavy atom. The first-order valence-electron chi connectivity index (χ1n) is 6.81. The van der Waals surface area contributed by atoms with E-state index in [1.54, 1.807) is 9.47 Å². The van der Waals surface area contributed by atoms with Crippen molar-refractivity contribution in [2.24, 2.45) is 5.73 Å². The third kappa shape index (κ3) is 2.82. The number of carbonyl (C=O) groups is 1. The Morgan fingerprint density at radius 3 is 2.80 bits per heavy atom. The zero-order valence-electron chi connectivity index (χ0n) is 11.8. The maximum atomic E-state index is 12.5. The first kappa shape index (κ1) is 14.5. The minimum atomic E-state index is -0.475. The number of piperidine rings is 1. The molecule has 1 atom stereocenters. The molecule has 7 nitrogen and oxygen atoms in total. The Bertz CT molecular complexity index is 524. The summed E-state index contributed by atoms with van der Waals surface area (Å²) in [6.45, 7) is 4.95. The summed E-state index contributed by atoms with van der Waals surface area (Å²) < 4.78 is 1.65. The van der Waals surface area contributed by atoms with Crippen LogP contribution in [0.25, 0.3) is 0 Å². The molecule has 1 unspecified atom stereocenters. The lowest BCUT2D eigenvalue weighted by molar-refractivity contribution is -0.384. The Kier molecular flexibility index (Phi) is 4.08. The average molecular weight is 280 g/mol. The molecule has 0 bridgehead atoms. The fourth-order valence-corrected chi connectivity index (χ4v) is 2.52. The SMILES string of the molecule is CC(C)n1cc([N+](=O)[O-])cc1C(=O)N1CCCC(N)C1. The molecule has 2 N–H and O–H groups in total. The number of likely N-dealkylation sites (tertiary alicyclic amines) is 1. The van der Waals surface area contributed by atoms with E-state index in [1.165, 1.54) is 12.3 Å². The fourth-order valence-electron chi connectivity index (χ4n) is 2.52. The number of nitrogens with two attached hydrogens (primary N) is 1. The highest BCUT2D eigenvalue weighted by Crippen LogP contribution is 2.23. The van der Waals surface area contributed by atoms with Gasteiger partial charge in [-0.2, -0.15) is 0 Å². The lowest BCUT2D eigenvalue weighted by Gasteiger charge is -2.31. The summed E-state index contributed by atoms with van der Waals surface area (Å²) in [5.74, 6) is -0.179. The lowest BCUT2D eigenvalue weighted by atomic mass is 10.1. The van der Waals surface area contributed by atoms with Crippen molar-refractivity contribution in [1.82, 2.24) is 9.47 Å². The molecule has 1 aliphatic rings. The molecular formula is C13H20N4O3. The molecule has 0 radical (unpaired) electrons. The Balaban J connectivity index is 2.30. The molecular weight excluding hydrogens is 260 g/mol. The quantitative estimate of drug-likeness (QED) is 0.671. The van der Waals surface area contributed by atoms with Gasteiger partial charge in [0.05, 0.1) is 11.1 Å². The van der Waals surface area contributed by atoms with E-state index in [2.05, 4.69) is 0 Å². The predicted octanol–water partition coefficient (Wildman–Crippen LogP) is 1.54. The molecule has 1 saturated heterocycles. The van der Waals surface area contributed by atoms with Gasteiger partial charge in [0.15, 0.2) is 0 Å². The summed E-state index contributed by atoms with van der Waals surface area (Å²) in [5, 5.41) is 10.9. The van der Waals surface area contributed by atoms with Gasteiger partial charge in [0.1, 0.15) is 5.69 Å². The second kappa shape index (κ2) is 5.62. The number of amides is 1. The highest BCUT2D eigenvalue weighted by Gasteiger charge is 2.27. The van der Waals surface area contributed by atoms with Crippen molar-refractivity contribution in [3.63, 3.8) is 0 Å². The van der Waals surface area contributed by atoms with Crippen molar-refractivity contribution >= 4 is 11.6 Å².